The number of carbonyl (C=O) groups excluding carboxylic acids is 1. The molecule has 0 bridgehead atoms. The van der Waals surface area contributed by atoms with Gasteiger partial charge in [0.15, 0.2) is 5.76 Å². The van der Waals surface area contributed by atoms with E-state index in [4.69, 9.17) is 21.1 Å². The minimum Gasteiger partial charge on any atom is -0.489 e. The highest BCUT2D eigenvalue weighted by Crippen LogP contribution is 2.36. The highest BCUT2D eigenvalue weighted by Gasteiger charge is 2.28. The highest BCUT2D eigenvalue weighted by molar-refractivity contribution is 7.11. The molecule has 0 radical (unpaired) electrons. The number of carbonyl (C=O) groups is 1. The summed E-state index contributed by atoms with van der Waals surface area (Å²) in [4.78, 5) is 13.5. The van der Waals surface area contributed by atoms with Crippen LogP contribution in [0.4, 0.5) is 4.39 Å². The molecule has 2 heterocycles. The first-order valence-corrected chi connectivity index (χ1v) is 9.46. The molecule has 136 valence electrons. The maximum absolute atomic E-state index is 13.1. The van der Waals surface area contributed by atoms with Crippen LogP contribution < -0.4 is 9.47 Å². The van der Waals surface area contributed by atoms with Gasteiger partial charge in [0.05, 0.1) is 10.6 Å². The second-order valence-electron chi connectivity index (χ2n) is 6.09. The molecule has 0 spiro atoms. The van der Waals surface area contributed by atoms with Crippen LogP contribution in [0, 0.1) is 12.7 Å². The number of rotatable bonds is 4. The molecule has 6 heteroatoms. The minimum absolute atomic E-state index is 0.147. The Morgan fingerprint density at radius 3 is 2.81 bits per heavy atom. The van der Waals surface area contributed by atoms with Gasteiger partial charge in [-0.1, -0.05) is 17.7 Å². The summed E-state index contributed by atoms with van der Waals surface area (Å²) in [6.45, 7) is 2.17. The van der Waals surface area contributed by atoms with E-state index in [9.17, 15) is 9.18 Å². The van der Waals surface area contributed by atoms with Crippen LogP contribution in [-0.2, 0) is 6.61 Å². The molecule has 0 saturated carbocycles. The van der Waals surface area contributed by atoms with E-state index in [2.05, 4.69) is 0 Å². The number of ketones is 1. The monoisotopic (exact) mass is 400 g/mol. The predicted octanol–water partition coefficient (Wildman–Crippen LogP) is 6.04. The fourth-order valence-electron chi connectivity index (χ4n) is 2.71. The third kappa shape index (κ3) is 3.61. The summed E-state index contributed by atoms with van der Waals surface area (Å²) in [5.41, 5.74) is 2.27. The van der Waals surface area contributed by atoms with Gasteiger partial charge in [-0.15, -0.1) is 11.3 Å². The van der Waals surface area contributed by atoms with Crippen LogP contribution in [0.1, 0.15) is 26.4 Å². The van der Waals surface area contributed by atoms with Crippen molar-refractivity contribution in [1.82, 2.24) is 0 Å². The van der Waals surface area contributed by atoms with Gasteiger partial charge < -0.3 is 9.47 Å². The SMILES string of the molecule is Cc1ccsc1/C=C1\Oc2cc(OCc3ccc(F)cc3Cl)ccc2C1=O. The van der Waals surface area contributed by atoms with Crippen molar-refractivity contribution in [3.05, 3.63) is 86.0 Å². The van der Waals surface area contributed by atoms with Crippen molar-refractivity contribution in [2.24, 2.45) is 0 Å². The van der Waals surface area contributed by atoms with Crippen molar-refractivity contribution in [3.8, 4) is 11.5 Å². The first-order chi connectivity index (χ1) is 13.0. The lowest BCUT2D eigenvalue weighted by Crippen LogP contribution is -1.98. The summed E-state index contributed by atoms with van der Waals surface area (Å²) in [5.74, 6) is 0.757. The summed E-state index contributed by atoms with van der Waals surface area (Å²) in [5, 5.41) is 2.28. The lowest BCUT2D eigenvalue weighted by molar-refractivity contribution is 0.101. The van der Waals surface area contributed by atoms with Crippen LogP contribution in [-0.4, -0.2) is 5.78 Å². The fourth-order valence-corrected chi connectivity index (χ4v) is 3.78. The lowest BCUT2D eigenvalue weighted by atomic mass is 10.1. The molecule has 0 amide bonds. The van der Waals surface area contributed by atoms with Crippen molar-refractivity contribution in [3.63, 3.8) is 0 Å². The molecule has 0 aliphatic carbocycles. The normalized spacial score (nSPS) is 14.3. The third-order valence-corrected chi connectivity index (χ3v) is 5.53. The Morgan fingerprint density at radius 2 is 2.07 bits per heavy atom. The molecule has 4 rings (SSSR count). The van der Waals surface area contributed by atoms with Gasteiger partial charge in [-0.05, 0) is 48.2 Å². The molecule has 1 aliphatic heterocycles. The van der Waals surface area contributed by atoms with Gasteiger partial charge in [0.2, 0.25) is 5.78 Å². The van der Waals surface area contributed by atoms with Crippen LogP contribution >= 0.6 is 22.9 Å². The van der Waals surface area contributed by atoms with Crippen molar-refractivity contribution >= 4 is 34.8 Å². The van der Waals surface area contributed by atoms with E-state index < -0.39 is 5.82 Å². The van der Waals surface area contributed by atoms with Crippen molar-refractivity contribution in [2.45, 2.75) is 13.5 Å². The van der Waals surface area contributed by atoms with E-state index in [0.717, 1.165) is 10.4 Å². The van der Waals surface area contributed by atoms with E-state index >= 15 is 0 Å². The first kappa shape index (κ1) is 17.8. The van der Waals surface area contributed by atoms with Gasteiger partial charge in [-0.2, -0.15) is 0 Å². The Hall–Kier alpha value is -2.63. The molecular formula is C21H14ClFO3S. The number of hydrogen-bond acceptors (Lipinski definition) is 4. The summed E-state index contributed by atoms with van der Waals surface area (Å²) in [7, 11) is 0. The maximum atomic E-state index is 13.1. The molecule has 3 aromatic rings. The number of fused-ring (bicyclic) bond motifs is 1. The number of thiophene rings is 1. The van der Waals surface area contributed by atoms with Crippen molar-refractivity contribution < 1.29 is 18.7 Å². The number of benzene rings is 2. The molecule has 0 fully saturated rings. The van der Waals surface area contributed by atoms with Gasteiger partial charge in [0.25, 0.3) is 0 Å². The van der Waals surface area contributed by atoms with Gasteiger partial charge in [0, 0.05) is 22.6 Å². The molecule has 27 heavy (non-hydrogen) atoms. The largest absolute Gasteiger partial charge is 0.489 e. The summed E-state index contributed by atoms with van der Waals surface area (Å²) < 4.78 is 24.6. The zero-order valence-electron chi connectivity index (χ0n) is 14.3. The maximum Gasteiger partial charge on any atom is 0.232 e. The van der Waals surface area contributed by atoms with Crippen LogP contribution in [0.3, 0.4) is 0 Å². The Bertz CT molecular complexity index is 1070. The summed E-state index contributed by atoms with van der Waals surface area (Å²) in [6.07, 6.45) is 1.77. The summed E-state index contributed by atoms with van der Waals surface area (Å²) >= 11 is 7.57. The molecule has 0 atom stereocenters. The van der Waals surface area contributed by atoms with E-state index in [1.165, 1.54) is 12.1 Å². The second kappa shape index (κ2) is 7.18. The first-order valence-electron chi connectivity index (χ1n) is 8.20. The Labute approximate surface area is 164 Å². The van der Waals surface area contributed by atoms with Crippen LogP contribution in [0.5, 0.6) is 11.5 Å². The molecule has 2 aromatic carbocycles. The number of allylic oxidation sites excluding steroid dienone is 1. The Kier molecular flexibility index (Phi) is 4.72. The van der Waals surface area contributed by atoms with E-state index in [0.29, 0.717) is 33.4 Å². The van der Waals surface area contributed by atoms with Crippen LogP contribution in [0.25, 0.3) is 6.08 Å². The Morgan fingerprint density at radius 1 is 1.22 bits per heavy atom. The van der Waals surface area contributed by atoms with Crippen molar-refractivity contribution in [1.29, 1.82) is 0 Å². The molecule has 3 nitrogen and oxygen atoms in total. The van der Waals surface area contributed by atoms with Gasteiger partial charge in [-0.25, -0.2) is 4.39 Å². The van der Waals surface area contributed by atoms with E-state index in [-0.39, 0.29) is 12.4 Å². The fraction of sp³-hybridized carbons (Fsp3) is 0.0952. The van der Waals surface area contributed by atoms with Crippen LogP contribution in [0.15, 0.2) is 53.6 Å². The number of aryl methyl sites for hydroxylation is 1. The molecule has 1 aromatic heterocycles. The molecule has 0 saturated heterocycles. The summed E-state index contributed by atoms with van der Waals surface area (Å²) in [6, 6.07) is 11.2. The number of halogens is 2. The van der Waals surface area contributed by atoms with Crippen LogP contribution in [0.2, 0.25) is 5.02 Å². The highest BCUT2D eigenvalue weighted by atomic mass is 35.5. The van der Waals surface area contributed by atoms with Gasteiger partial charge in [0.1, 0.15) is 23.9 Å². The predicted molar refractivity (Wildman–Crippen MR) is 104 cm³/mol. The molecule has 0 N–H and O–H groups in total. The lowest BCUT2D eigenvalue weighted by Gasteiger charge is -2.08. The van der Waals surface area contributed by atoms with E-state index in [1.807, 2.05) is 18.4 Å². The molecular weight excluding hydrogens is 387 g/mol. The minimum atomic E-state index is -0.395. The average molecular weight is 401 g/mol. The second-order valence-corrected chi connectivity index (χ2v) is 7.44. The Balaban J connectivity index is 1.52. The number of hydrogen-bond donors (Lipinski definition) is 0. The molecule has 0 unspecified atom stereocenters. The standard InChI is InChI=1S/C21H14ClFO3S/c1-12-6-7-27-20(12)10-19-21(24)16-5-4-15(9-18(16)26-19)25-11-13-2-3-14(23)8-17(13)22/h2-10H,11H2,1H3/b19-10-. The quantitative estimate of drug-likeness (QED) is 0.500. The smallest absolute Gasteiger partial charge is 0.232 e. The number of Topliss-reactive ketones (excluding diaryl/α,β-unsaturated/α-hetero) is 1. The van der Waals surface area contributed by atoms with Gasteiger partial charge in [-0.3, -0.25) is 4.79 Å². The van der Waals surface area contributed by atoms with E-state index in [1.54, 1.807) is 41.7 Å². The van der Waals surface area contributed by atoms with Crippen molar-refractivity contribution in [2.75, 3.05) is 0 Å². The topological polar surface area (TPSA) is 35.5 Å². The zero-order valence-corrected chi connectivity index (χ0v) is 15.9. The average Bonchev–Trinajstić information content (AvgIpc) is 3.18. The third-order valence-electron chi connectivity index (χ3n) is 4.21. The zero-order chi connectivity index (χ0) is 19.0. The number of ether oxygens (including phenoxy) is 2. The van der Waals surface area contributed by atoms with Gasteiger partial charge >= 0.3 is 0 Å². The molecule has 1 aliphatic rings.